The lowest BCUT2D eigenvalue weighted by Gasteiger charge is -2.41. The number of rotatable bonds is 2. The van der Waals surface area contributed by atoms with Crippen LogP contribution in [0.15, 0.2) is 73.1 Å². The van der Waals surface area contributed by atoms with Crippen molar-refractivity contribution >= 4 is 71.1 Å². The minimum atomic E-state index is -2.63. The molecule has 0 spiro atoms. The maximum absolute atomic E-state index is 6.94. The molecule has 0 saturated carbocycles. The second kappa shape index (κ2) is 9.99. The smallest absolute Gasteiger partial charge is 0.341 e. The Kier molecular flexibility index (Phi) is 8.21. The summed E-state index contributed by atoms with van der Waals surface area (Å²) in [7, 11) is -14.3. The molecule has 2 aromatic carbocycles. The van der Waals surface area contributed by atoms with Crippen LogP contribution in [-0.4, -0.2) is 50.4 Å². The van der Waals surface area contributed by atoms with Crippen molar-refractivity contribution in [1.82, 2.24) is 0 Å². The summed E-state index contributed by atoms with van der Waals surface area (Å²) in [5, 5.41) is 5.00. The van der Waals surface area contributed by atoms with Gasteiger partial charge in [-0.05, 0) is 86.2 Å². The van der Waals surface area contributed by atoms with Gasteiger partial charge in [0.15, 0.2) is 0 Å². The van der Waals surface area contributed by atoms with Gasteiger partial charge in [-0.3, -0.25) is 0 Å². The quantitative estimate of drug-likeness (QED) is 0.476. The Labute approximate surface area is 225 Å². The summed E-state index contributed by atoms with van der Waals surface area (Å²) in [6.07, 6.45) is 0. The zero-order valence-corrected chi connectivity index (χ0v) is 29.8. The maximum Gasteiger partial charge on any atom is 0.341 e. The van der Waals surface area contributed by atoms with E-state index in [0.29, 0.717) is 0 Å². The lowest BCUT2D eigenvalue weighted by Crippen LogP contribution is -2.62. The molecule has 4 nitrogen and oxygen atoms in total. The van der Waals surface area contributed by atoms with Gasteiger partial charge in [-0.1, -0.05) is 59.9 Å². The third-order valence-electron chi connectivity index (χ3n) is 7.12. The van der Waals surface area contributed by atoms with E-state index in [1.54, 1.807) is 0 Å². The minimum absolute atomic E-state index is 1.25. The van der Waals surface area contributed by atoms with Gasteiger partial charge in [0.1, 0.15) is 0 Å². The largest absolute Gasteiger partial charge is 0.430 e. The van der Waals surface area contributed by atoms with Gasteiger partial charge in [0, 0.05) is 0 Å². The average Bonchev–Trinajstić information content (AvgIpc) is 2.77. The first-order valence-corrected chi connectivity index (χ1v) is 29.1. The summed E-state index contributed by atoms with van der Waals surface area (Å²) in [5.41, 5.74) is 3.90. The van der Waals surface area contributed by atoms with Crippen molar-refractivity contribution in [3.63, 3.8) is 0 Å². The summed E-state index contributed by atoms with van der Waals surface area (Å²) in [6, 6.07) is 17.8. The highest BCUT2D eigenvalue weighted by Gasteiger charge is 2.45. The monoisotopic (exact) mass is 588 g/mol. The lowest BCUT2D eigenvalue weighted by atomic mass is 10.4. The molecule has 4 aliphatic heterocycles. The lowest BCUT2D eigenvalue weighted by molar-refractivity contribution is 0.406. The van der Waals surface area contributed by atoms with E-state index in [2.05, 4.69) is 127 Å². The number of benzene rings is 2. The highest BCUT2D eigenvalue weighted by molar-refractivity contribution is 6.99. The van der Waals surface area contributed by atoms with Crippen molar-refractivity contribution in [2.45, 2.75) is 65.5 Å². The number of hydrogen-bond donors (Lipinski definition) is 0. The Hall–Kier alpha value is -0.939. The number of hydrogen-bond acceptors (Lipinski definition) is 4. The Bertz CT molecular complexity index is 947. The van der Waals surface area contributed by atoms with E-state index in [1.807, 2.05) is 11.4 Å². The van der Waals surface area contributed by atoms with Crippen LogP contribution >= 0.6 is 0 Å². The molecule has 6 rings (SSSR count). The first-order valence-electron chi connectivity index (χ1n) is 12.7. The summed E-state index contributed by atoms with van der Waals surface area (Å²) >= 11 is 0. The third kappa shape index (κ3) is 6.37. The molecular weight excluding hydrogens is 545 g/mol. The van der Waals surface area contributed by atoms with Gasteiger partial charge in [-0.2, -0.15) is 0 Å². The molecule has 4 bridgehead atoms. The highest BCUT2D eigenvalue weighted by atomic mass is 28.5. The van der Waals surface area contributed by atoms with E-state index in [0.717, 1.165) is 0 Å². The molecule has 0 unspecified atom stereocenters. The second-order valence-corrected chi connectivity index (χ2v) is 34.6. The molecule has 4 aliphatic rings. The predicted molar refractivity (Wildman–Crippen MR) is 169 cm³/mol. The average molecular weight is 589 g/mol. The fraction of sp³-hybridized carbons (Fsp3) is 0.385. The Morgan fingerprint density at radius 1 is 0.417 bits per heavy atom. The van der Waals surface area contributed by atoms with E-state index in [1.165, 1.54) is 20.7 Å². The van der Waals surface area contributed by atoms with Crippen LogP contribution in [0.1, 0.15) is 0 Å². The fourth-order valence-corrected chi connectivity index (χ4v) is 29.4. The standard InChI is InChI=1S/C26H44O4Si6/c1-13-35(11)27-31(3,4)23-15-19-25(20-16-23)33(7,8)29-36(12,14-2)30-34(9,10)26-21-17-24(18-22-26)32(5,6)28-35/h13-22H,1-2H2,3-12H3. The molecule has 0 amide bonds. The first kappa shape index (κ1) is 29.6. The van der Waals surface area contributed by atoms with E-state index < -0.39 is 50.4 Å². The molecule has 0 aromatic heterocycles. The molecule has 0 radical (unpaired) electrons. The van der Waals surface area contributed by atoms with Crippen LogP contribution in [-0.2, 0) is 16.5 Å². The Balaban J connectivity index is 2.17. The zero-order valence-electron chi connectivity index (χ0n) is 23.8. The van der Waals surface area contributed by atoms with Crippen LogP contribution in [0.25, 0.3) is 0 Å². The fourth-order valence-electron chi connectivity index (χ4n) is 5.02. The molecule has 0 aliphatic carbocycles. The van der Waals surface area contributed by atoms with E-state index in [-0.39, 0.29) is 0 Å². The van der Waals surface area contributed by atoms with Gasteiger partial charge in [-0.25, -0.2) is 0 Å². The van der Waals surface area contributed by atoms with Gasteiger partial charge in [0.05, 0.1) is 0 Å². The SMILES string of the molecule is C=C[Si]1(C)O[Si](C)(C)c2ccc(cc2)[Si](C)(C)O[Si](C)(C=C)O[Si](C)(C)c2ccc(cc2)[Si](C)(C)O1. The van der Waals surface area contributed by atoms with Crippen molar-refractivity contribution in [1.29, 1.82) is 0 Å². The van der Waals surface area contributed by atoms with Crippen molar-refractivity contribution in [2.24, 2.45) is 0 Å². The molecule has 0 saturated heterocycles. The summed E-state index contributed by atoms with van der Waals surface area (Å²) in [6.45, 7) is 30.6. The molecular formula is C26H44O4Si6. The minimum Gasteiger partial charge on any atom is -0.430 e. The molecule has 0 N–H and O–H groups in total. The highest BCUT2D eigenvalue weighted by Crippen LogP contribution is 2.24. The topological polar surface area (TPSA) is 36.9 Å². The molecule has 4 heterocycles. The van der Waals surface area contributed by atoms with Crippen LogP contribution in [0, 0.1) is 0 Å². The van der Waals surface area contributed by atoms with Crippen LogP contribution in [0.3, 0.4) is 0 Å². The summed E-state index contributed by atoms with van der Waals surface area (Å²) in [4.78, 5) is 0. The first-order chi connectivity index (χ1) is 16.4. The summed E-state index contributed by atoms with van der Waals surface area (Å²) in [5.74, 6) is 0. The maximum atomic E-state index is 6.94. The molecule has 10 heteroatoms. The molecule has 36 heavy (non-hydrogen) atoms. The Morgan fingerprint density at radius 2 is 0.583 bits per heavy atom. The van der Waals surface area contributed by atoms with E-state index in [4.69, 9.17) is 16.5 Å². The van der Waals surface area contributed by atoms with Crippen molar-refractivity contribution in [3.05, 3.63) is 73.1 Å². The Morgan fingerprint density at radius 3 is 0.722 bits per heavy atom. The molecule has 2 aromatic rings. The van der Waals surface area contributed by atoms with Gasteiger partial charge in [0.25, 0.3) is 0 Å². The van der Waals surface area contributed by atoms with Crippen molar-refractivity contribution < 1.29 is 16.5 Å². The molecule has 0 atom stereocenters. The predicted octanol–water partition coefficient (Wildman–Crippen LogP) is 4.71. The van der Waals surface area contributed by atoms with Crippen molar-refractivity contribution in [3.8, 4) is 0 Å². The molecule has 196 valence electrons. The van der Waals surface area contributed by atoms with Crippen LogP contribution in [0.5, 0.6) is 0 Å². The zero-order chi connectivity index (χ0) is 27.2. The van der Waals surface area contributed by atoms with E-state index >= 15 is 0 Å². The van der Waals surface area contributed by atoms with Crippen LogP contribution < -0.4 is 20.7 Å². The normalized spacial score (nSPS) is 29.2. The van der Waals surface area contributed by atoms with E-state index in [9.17, 15) is 0 Å². The second-order valence-electron chi connectivity index (χ2n) is 12.0. The van der Waals surface area contributed by atoms with Gasteiger partial charge < -0.3 is 16.5 Å². The van der Waals surface area contributed by atoms with Gasteiger partial charge >= 0.3 is 17.1 Å². The summed E-state index contributed by atoms with van der Waals surface area (Å²) < 4.78 is 27.8. The van der Waals surface area contributed by atoms with Crippen LogP contribution in [0.2, 0.25) is 65.5 Å². The van der Waals surface area contributed by atoms with Crippen molar-refractivity contribution in [2.75, 3.05) is 0 Å². The third-order valence-corrected chi connectivity index (χ3v) is 30.2. The van der Waals surface area contributed by atoms with Gasteiger partial charge in [0.2, 0.25) is 33.3 Å². The van der Waals surface area contributed by atoms with Crippen LogP contribution in [0.4, 0.5) is 0 Å². The van der Waals surface area contributed by atoms with Gasteiger partial charge in [-0.15, -0.1) is 13.2 Å². The molecule has 0 fully saturated rings.